The number of carbonyl (C=O) groups excluding carboxylic acids is 2. The number of carboxylic acid groups (broad SMARTS) is 1. The van der Waals surface area contributed by atoms with Crippen molar-refractivity contribution in [1.82, 2.24) is 0 Å². The van der Waals surface area contributed by atoms with Gasteiger partial charge in [0.05, 0.1) is 26.2 Å². The first-order valence-corrected chi connectivity index (χ1v) is 25.3. The van der Waals surface area contributed by atoms with Crippen molar-refractivity contribution in [2.45, 2.75) is 104 Å². The van der Waals surface area contributed by atoms with Crippen LogP contribution in [0.1, 0.15) is 53.7 Å². The minimum absolute atomic E-state index is 0.189. The molecule has 0 spiro atoms. The molecule has 264 valence electrons. The van der Waals surface area contributed by atoms with Crippen molar-refractivity contribution >= 4 is 42.4 Å². The zero-order chi connectivity index (χ0) is 35.5. The van der Waals surface area contributed by atoms with Gasteiger partial charge in [-0.1, -0.05) is 57.0 Å². The fraction of sp³-hybridized carbons (Fsp3) is 0.618. The molecule has 0 saturated carbocycles. The maximum atomic E-state index is 13.3. The summed E-state index contributed by atoms with van der Waals surface area (Å²) in [5, 5.41) is 9.01. The van der Waals surface area contributed by atoms with Gasteiger partial charge in [0, 0.05) is 27.3 Å². The van der Waals surface area contributed by atoms with E-state index in [1.54, 1.807) is 13.2 Å². The van der Waals surface area contributed by atoms with Crippen LogP contribution in [-0.4, -0.2) is 76.6 Å². The van der Waals surface area contributed by atoms with Crippen LogP contribution in [0, 0.1) is 12.8 Å². The van der Waals surface area contributed by atoms with Crippen molar-refractivity contribution in [2.75, 3.05) is 26.5 Å². The fourth-order valence-corrected chi connectivity index (χ4v) is 7.36. The molecule has 13 heteroatoms. The molecule has 1 aliphatic heterocycles. The number of fused-ring (bicyclic) bond motifs is 1. The highest BCUT2D eigenvalue weighted by Crippen LogP contribution is 2.43. The predicted octanol–water partition coefficient (Wildman–Crippen LogP) is 7.24. The summed E-state index contributed by atoms with van der Waals surface area (Å²) in [6, 6.07) is 1.80. The van der Waals surface area contributed by atoms with Crippen molar-refractivity contribution in [3.63, 3.8) is 0 Å². The molecule has 0 aliphatic carbocycles. The van der Waals surface area contributed by atoms with E-state index in [2.05, 4.69) is 39.3 Å². The normalized spacial score (nSPS) is 15.6. The lowest BCUT2D eigenvalue weighted by molar-refractivity contribution is -0.148. The van der Waals surface area contributed by atoms with Gasteiger partial charge in [-0.25, -0.2) is 14.5 Å². The highest BCUT2D eigenvalue weighted by Gasteiger charge is 2.33. The molecule has 0 fully saturated rings. The molecule has 3 atom stereocenters. The molecule has 47 heavy (non-hydrogen) atoms. The molecule has 1 aromatic carbocycles. The van der Waals surface area contributed by atoms with Crippen LogP contribution in [0.3, 0.4) is 0 Å². The van der Waals surface area contributed by atoms with E-state index in [4.69, 9.17) is 28.6 Å². The van der Waals surface area contributed by atoms with Gasteiger partial charge in [-0.2, -0.15) is 4.52 Å². The van der Waals surface area contributed by atoms with E-state index in [0.717, 1.165) is 34.4 Å². The third-order valence-electron chi connectivity index (χ3n) is 7.92. The Morgan fingerprint density at radius 1 is 1.04 bits per heavy atom. The number of aliphatic carboxylic acids is 1. The second kappa shape index (κ2) is 18.3. The molecule has 0 aromatic heterocycles. The Bertz CT molecular complexity index is 1310. The molecule has 10 nitrogen and oxygen atoms in total. The average Bonchev–Trinajstić information content (AvgIpc) is 3.34. The van der Waals surface area contributed by atoms with Gasteiger partial charge in [-0.05, 0) is 63.8 Å². The van der Waals surface area contributed by atoms with E-state index in [1.165, 1.54) is 6.92 Å². The van der Waals surface area contributed by atoms with Crippen molar-refractivity contribution in [3.05, 3.63) is 46.1 Å². The topological polar surface area (TPSA) is 138 Å². The second-order valence-corrected chi connectivity index (χ2v) is 27.3. The summed E-state index contributed by atoms with van der Waals surface area (Å²) < 4.78 is 28.5. The number of cyclic esters (lactones) is 1. The molecular weight excluding hydrogens is 656 g/mol. The molecule has 1 aliphatic rings. The average molecular weight is 712 g/mol. The number of esters is 2. The molecule has 0 radical (unpaired) electrons. The first-order chi connectivity index (χ1) is 21.8. The molecule has 3 unspecified atom stereocenters. The molecular formula is C34H56O10PSi2+. The molecule has 1 aromatic rings. The summed E-state index contributed by atoms with van der Waals surface area (Å²) in [6.07, 6.45) is 5.95. The molecule has 2 rings (SSSR count). The van der Waals surface area contributed by atoms with Crippen LogP contribution in [0.2, 0.25) is 51.4 Å². The first-order valence-electron chi connectivity index (χ1n) is 16.3. The van der Waals surface area contributed by atoms with Crippen LogP contribution in [0.5, 0.6) is 11.5 Å². The number of methoxy groups -OCH3 is 1. The van der Waals surface area contributed by atoms with Crippen LogP contribution < -0.4 is 9.47 Å². The second-order valence-electron chi connectivity index (χ2n) is 14.6. The number of benzene rings is 1. The van der Waals surface area contributed by atoms with Crippen LogP contribution in [0.15, 0.2) is 23.8 Å². The van der Waals surface area contributed by atoms with Gasteiger partial charge < -0.3 is 24.1 Å². The third kappa shape index (κ3) is 13.5. The van der Waals surface area contributed by atoms with E-state index in [1.807, 2.05) is 26.0 Å². The number of carbonyl (C=O) groups is 3. The molecule has 1 heterocycles. The van der Waals surface area contributed by atoms with Gasteiger partial charge >= 0.3 is 17.9 Å². The van der Waals surface area contributed by atoms with Crippen molar-refractivity contribution in [3.8, 4) is 11.5 Å². The van der Waals surface area contributed by atoms with Gasteiger partial charge in [0.2, 0.25) is 0 Å². The largest absolute Gasteiger partial charge is 0.496 e. The number of hydrogen-bond donors (Lipinski definition) is 2. The Balaban J connectivity index is 2.31. The van der Waals surface area contributed by atoms with Crippen LogP contribution in [0.4, 0.5) is 0 Å². The third-order valence-corrected chi connectivity index (χ3v) is 12.5. The Labute approximate surface area is 283 Å². The molecule has 0 saturated heterocycles. The van der Waals surface area contributed by atoms with Gasteiger partial charge in [0.25, 0.3) is 8.38 Å². The first kappa shape index (κ1) is 40.7. The van der Waals surface area contributed by atoms with E-state index in [0.29, 0.717) is 49.5 Å². The molecule has 2 N–H and O–H groups in total. The lowest BCUT2D eigenvalue weighted by Crippen LogP contribution is -2.25. The van der Waals surface area contributed by atoms with E-state index in [9.17, 15) is 19.3 Å². The number of carboxylic acids is 1. The smallest absolute Gasteiger partial charge is 0.342 e. The van der Waals surface area contributed by atoms with E-state index < -0.39 is 42.5 Å². The quantitative estimate of drug-likeness (QED) is 0.0616. The summed E-state index contributed by atoms with van der Waals surface area (Å²) >= 11 is 0. The van der Waals surface area contributed by atoms with Gasteiger partial charge in [0.15, 0.2) is 6.10 Å². The van der Waals surface area contributed by atoms with Crippen molar-refractivity contribution < 1.29 is 47.9 Å². The monoisotopic (exact) mass is 711 g/mol. The number of rotatable bonds is 20. The standard InChI is InChI=1S/C34H55O10PSi2/c1-23(21-26(33(37)42-17-20-47(8,9)10)13-11-12-18-45(39)44-25(3)32(35)36)14-15-27-30(40-4)24(2)28-22-43-34(38)29(28)31(27)41-16-19-46(5,6)7/h11-12,14,25-26,39H,13,15-22H2,1-10H3,(H,35,36)/p+1. The number of hydrogen-bond acceptors (Lipinski definition) is 9. The maximum Gasteiger partial charge on any atom is 0.342 e. The SMILES string of the molecule is COc1c(C)c2c(c(OCC[Si](C)(C)C)c1CC=C(C)CC(CC=CC[PH+](O)OC(C)C(=O)O)C(=O)OCC[Si](C)(C)C)C(=O)OC2. The Kier molecular flexibility index (Phi) is 15.8. The summed E-state index contributed by atoms with van der Waals surface area (Å²) in [5.74, 6) is -1.08. The van der Waals surface area contributed by atoms with Crippen molar-refractivity contribution in [2.24, 2.45) is 5.92 Å². The number of ether oxygens (including phenoxy) is 4. The summed E-state index contributed by atoms with van der Waals surface area (Å²) in [5.41, 5.74) is 3.86. The fourth-order valence-electron chi connectivity index (χ4n) is 4.96. The van der Waals surface area contributed by atoms with Gasteiger partial charge in [-0.3, -0.25) is 4.79 Å². The summed E-state index contributed by atoms with van der Waals surface area (Å²) in [4.78, 5) is 47.3. The van der Waals surface area contributed by atoms with Gasteiger partial charge in [-0.15, -0.1) is 0 Å². The highest BCUT2D eigenvalue weighted by atomic mass is 31.2. The Hall–Kier alpha value is -2.51. The van der Waals surface area contributed by atoms with Gasteiger partial charge in [0.1, 0.15) is 29.8 Å². The Morgan fingerprint density at radius 2 is 1.68 bits per heavy atom. The zero-order valence-corrected chi connectivity index (χ0v) is 32.9. The maximum absolute atomic E-state index is 13.3. The van der Waals surface area contributed by atoms with E-state index in [-0.39, 0.29) is 24.7 Å². The molecule has 0 amide bonds. The minimum Gasteiger partial charge on any atom is -0.496 e. The lowest BCUT2D eigenvalue weighted by Gasteiger charge is -2.22. The van der Waals surface area contributed by atoms with Crippen LogP contribution in [0.25, 0.3) is 0 Å². The zero-order valence-electron chi connectivity index (χ0n) is 29.9. The molecule has 0 bridgehead atoms. The summed E-state index contributed by atoms with van der Waals surface area (Å²) in [6.45, 7) is 19.8. The summed E-state index contributed by atoms with van der Waals surface area (Å²) in [7, 11) is -3.50. The predicted molar refractivity (Wildman–Crippen MR) is 193 cm³/mol. The minimum atomic E-state index is -2.32. The van der Waals surface area contributed by atoms with Crippen molar-refractivity contribution in [1.29, 1.82) is 0 Å². The van der Waals surface area contributed by atoms with Crippen LogP contribution in [-0.2, 0) is 36.6 Å². The number of allylic oxidation sites excluding steroid dienone is 4. The van der Waals surface area contributed by atoms with Crippen LogP contribution >= 0.6 is 8.38 Å². The lowest BCUT2D eigenvalue weighted by atomic mass is 9.93. The van der Waals surface area contributed by atoms with E-state index >= 15 is 0 Å². The highest BCUT2D eigenvalue weighted by molar-refractivity contribution is 7.46. The Morgan fingerprint density at radius 3 is 2.28 bits per heavy atom.